The van der Waals surface area contributed by atoms with Crippen molar-refractivity contribution >= 4 is 17.5 Å². The fourth-order valence-electron chi connectivity index (χ4n) is 5.87. The van der Waals surface area contributed by atoms with Gasteiger partial charge in [0, 0.05) is 49.7 Å². The van der Waals surface area contributed by atoms with Crippen molar-refractivity contribution in [2.75, 3.05) is 37.6 Å². The van der Waals surface area contributed by atoms with Gasteiger partial charge in [-0.1, -0.05) is 6.42 Å². The summed E-state index contributed by atoms with van der Waals surface area (Å²) in [5, 5.41) is 12.2. The van der Waals surface area contributed by atoms with Gasteiger partial charge in [0.05, 0.1) is 23.1 Å². The molecule has 2 aliphatic carbocycles. The van der Waals surface area contributed by atoms with Crippen LogP contribution in [-0.2, 0) is 15.8 Å². The minimum atomic E-state index is -4.63. The van der Waals surface area contributed by atoms with Crippen LogP contribution >= 0.6 is 0 Å². The maximum Gasteiger partial charge on any atom is 0.417 e. The number of carbonyl (C=O) groups is 2. The fourth-order valence-corrected chi connectivity index (χ4v) is 5.87. The first-order valence-corrected chi connectivity index (χ1v) is 12.6. The highest BCUT2D eigenvalue weighted by Crippen LogP contribution is 2.47. The lowest BCUT2D eigenvalue weighted by molar-refractivity contribution is -0.141. The number of nitrogens with one attached hydrogen (secondary N) is 1. The zero-order chi connectivity index (χ0) is 24.8. The van der Waals surface area contributed by atoms with Gasteiger partial charge in [-0.05, 0) is 62.6 Å². The van der Waals surface area contributed by atoms with Crippen molar-refractivity contribution in [3.63, 3.8) is 0 Å². The molecule has 2 saturated heterocycles. The van der Waals surface area contributed by atoms with E-state index in [-0.39, 0.29) is 23.7 Å². The molecule has 2 heterocycles. The summed E-state index contributed by atoms with van der Waals surface area (Å²) in [6, 6.07) is 5.42. The highest BCUT2D eigenvalue weighted by Gasteiger charge is 2.52. The van der Waals surface area contributed by atoms with Gasteiger partial charge in [-0.3, -0.25) is 9.59 Å². The van der Waals surface area contributed by atoms with Gasteiger partial charge in [-0.2, -0.15) is 18.4 Å². The number of hydrogen-bond acceptors (Lipinski definition) is 4. The van der Waals surface area contributed by atoms with Gasteiger partial charge >= 0.3 is 6.18 Å². The Labute approximate surface area is 203 Å². The Hall–Kier alpha value is -2.76. The van der Waals surface area contributed by atoms with Crippen LogP contribution in [-0.4, -0.2) is 49.4 Å². The number of amides is 2. The normalized spacial score (nSPS) is 24.2. The van der Waals surface area contributed by atoms with Crippen molar-refractivity contribution in [2.45, 2.75) is 51.1 Å². The Morgan fingerprint density at radius 3 is 2.43 bits per heavy atom. The Kier molecular flexibility index (Phi) is 6.18. The molecule has 35 heavy (non-hydrogen) atoms. The maximum absolute atomic E-state index is 13.6. The number of piperidine rings is 1. The molecular formula is C26H31F3N4O2. The van der Waals surface area contributed by atoms with Crippen LogP contribution in [0, 0.1) is 34.5 Å². The second-order valence-electron chi connectivity index (χ2n) is 10.8. The van der Waals surface area contributed by atoms with Crippen LogP contribution in [0.4, 0.5) is 18.9 Å². The molecule has 1 unspecified atom stereocenters. The average molecular weight is 489 g/mol. The number of benzene rings is 1. The third-order valence-corrected chi connectivity index (χ3v) is 8.55. The van der Waals surface area contributed by atoms with E-state index in [0.29, 0.717) is 57.2 Å². The third-order valence-electron chi connectivity index (χ3n) is 8.55. The lowest BCUT2D eigenvalue weighted by atomic mass is 9.70. The summed E-state index contributed by atoms with van der Waals surface area (Å²) in [5.74, 6) is 0.469. The van der Waals surface area contributed by atoms with Crippen molar-refractivity contribution in [2.24, 2.45) is 23.2 Å². The molecule has 9 heteroatoms. The van der Waals surface area contributed by atoms with Gasteiger partial charge in [0.1, 0.15) is 0 Å². The van der Waals surface area contributed by atoms with Gasteiger partial charge in [-0.25, -0.2) is 0 Å². The topological polar surface area (TPSA) is 76.4 Å². The van der Waals surface area contributed by atoms with E-state index in [1.165, 1.54) is 6.07 Å². The Morgan fingerprint density at radius 2 is 1.86 bits per heavy atom. The van der Waals surface area contributed by atoms with Crippen molar-refractivity contribution in [1.29, 1.82) is 5.26 Å². The van der Waals surface area contributed by atoms with Gasteiger partial charge in [0.25, 0.3) is 0 Å². The number of anilines is 1. The van der Waals surface area contributed by atoms with Crippen LogP contribution in [0.25, 0.3) is 0 Å². The summed E-state index contributed by atoms with van der Waals surface area (Å²) < 4.78 is 40.8. The Bertz CT molecular complexity index is 1030. The van der Waals surface area contributed by atoms with Crippen LogP contribution in [0.3, 0.4) is 0 Å². The van der Waals surface area contributed by atoms with E-state index >= 15 is 0 Å². The zero-order valence-electron chi connectivity index (χ0n) is 19.7. The molecule has 4 fully saturated rings. The van der Waals surface area contributed by atoms with Crippen LogP contribution in [0.5, 0.6) is 0 Å². The lowest BCUT2D eigenvalue weighted by Gasteiger charge is -2.43. The first-order valence-electron chi connectivity index (χ1n) is 12.6. The number of halogens is 3. The molecule has 2 amide bonds. The summed E-state index contributed by atoms with van der Waals surface area (Å²) in [7, 11) is 0. The molecule has 1 atom stereocenters. The highest BCUT2D eigenvalue weighted by atomic mass is 19.4. The molecule has 5 rings (SSSR count). The zero-order valence-corrected chi connectivity index (χ0v) is 19.7. The number of likely N-dealkylation sites (tertiary alicyclic amines) is 1. The van der Waals surface area contributed by atoms with Gasteiger partial charge in [-0.15, -0.1) is 0 Å². The number of hydrogen-bond donors (Lipinski definition) is 1. The Morgan fingerprint density at radius 1 is 1.14 bits per heavy atom. The molecule has 2 saturated carbocycles. The van der Waals surface area contributed by atoms with E-state index in [4.69, 9.17) is 5.26 Å². The Balaban J connectivity index is 1.37. The first kappa shape index (κ1) is 24.0. The first-order chi connectivity index (χ1) is 16.7. The second-order valence-corrected chi connectivity index (χ2v) is 10.8. The fraction of sp³-hybridized carbons (Fsp3) is 0.654. The number of carbonyl (C=O) groups excluding carboxylic acids is 2. The number of nitrogens with zero attached hydrogens (tertiary/aromatic N) is 3. The number of alkyl halides is 3. The quantitative estimate of drug-likeness (QED) is 0.681. The molecule has 1 N–H and O–H groups in total. The molecule has 0 bridgehead atoms. The van der Waals surface area contributed by atoms with E-state index in [9.17, 15) is 22.8 Å². The largest absolute Gasteiger partial charge is 0.417 e. The SMILES string of the molecule is N#Cc1ccc(N2CC(C(=O)NCC3CC3)C3(CCN(C(=O)C4CCC4)CC3)C2)cc1C(F)(F)F. The molecular weight excluding hydrogens is 457 g/mol. The molecule has 2 aliphatic heterocycles. The van der Waals surface area contributed by atoms with Gasteiger partial charge < -0.3 is 15.1 Å². The van der Waals surface area contributed by atoms with Gasteiger partial charge in [0.2, 0.25) is 11.8 Å². The van der Waals surface area contributed by atoms with E-state index < -0.39 is 22.7 Å². The van der Waals surface area contributed by atoms with Crippen LogP contribution in [0.1, 0.15) is 56.1 Å². The van der Waals surface area contributed by atoms with Crippen LogP contribution in [0.15, 0.2) is 18.2 Å². The highest BCUT2D eigenvalue weighted by molar-refractivity contribution is 5.82. The van der Waals surface area contributed by atoms with E-state index in [1.54, 1.807) is 12.1 Å². The summed E-state index contributed by atoms with van der Waals surface area (Å²) in [4.78, 5) is 29.8. The lowest BCUT2D eigenvalue weighted by Crippen LogP contribution is -2.51. The van der Waals surface area contributed by atoms with Crippen molar-refractivity contribution in [3.05, 3.63) is 29.3 Å². The molecule has 1 spiro atoms. The molecule has 1 aromatic carbocycles. The predicted octanol–water partition coefficient (Wildman–Crippen LogP) is 3.95. The molecule has 0 radical (unpaired) electrons. The minimum absolute atomic E-state index is 0.0390. The predicted molar refractivity (Wildman–Crippen MR) is 123 cm³/mol. The monoisotopic (exact) mass is 488 g/mol. The summed E-state index contributed by atoms with van der Waals surface area (Å²) >= 11 is 0. The van der Waals surface area contributed by atoms with Crippen molar-refractivity contribution in [1.82, 2.24) is 10.2 Å². The van der Waals surface area contributed by atoms with Crippen molar-refractivity contribution < 1.29 is 22.8 Å². The summed E-state index contributed by atoms with van der Waals surface area (Å²) in [5.41, 5.74) is -1.37. The molecule has 1 aromatic rings. The molecule has 0 aromatic heterocycles. The average Bonchev–Trinajstić information content (AvgIpc) is 3.56. The van der Waals surface area contributed by atoms with Crippen molar-refractivity contribution in [3.8, 4) is 6.07 Å². The van der Waals surface area contributed by atoms with Gasteiger partial charge in [0.15, 0.2) is 0 Å². The smallest absolute Gasteiger partial charge is 0.370 e. The minimum Gasteiger partial charge on any atom is -0.370 e. The summed E-state index contributed by atoms with van der Waals surface area (Å²) in [6.07, 6.45) is 1.90. The van der Waals surface area contributed by atoms with Crippen LogP contribution < -0.4 is 10.2 Å². The molecule has 188 valence electrons. The van der Waals surface area contributed by atoms with E-state index in [2.05, 4.69) is 5.32 Å². The molecule has 6 nitrogen and oxygen atoms in total. The standard InChI is InChI=1S/C26H31F3N4O2/c27-26(28,29)21-12-20(7-6-19(21)13-30)33-15-22(23(34)31-14-17-4-5-17)25(16-33)8-10-32(11-9-25)24(35)18-2-1-3-18/h6-7,12,17-18,22H,1-5,8-11,14-16H2,(H,31,34). The number of nitriles is 1. The van der Waals surface area contributed by atoms with E-state index in [0.717, 1.165) is 38.2 Å². The number of rotatable bonds is 5. The second kappa shape index (κ2) is 9.03. The molecule has 4 aliphatic rings. The maximum atomic E-state index is 13.6. The van der Waals surface area contributed by atoms with Crippen LogP contribution in [0.2, 0.25) is 0 Å². The summed E-state index contributed by atoms with van der Waals surface area (Å²) in [6.45, 7) is 2.60. The van der Waals surface area contributed by atoms with E-state index in [1.807, 2.05) is 9.80 Å². The third kappa shape index (κ3) is 4.72.